The summed E-state index contributed by atoms with van der Waals surface area (Å²) < 4.78 is 20.7. The van der Waals surface area contributed by atoms with Gasteiger partial charge in [0.15, 0.2) is 4.96 Å². The third kappa shape index (κ3) is 3.75. The van der Waals surface area contributed by atoms with Gasteiger partial charge in [-0.25, -0.2) is 9.37 Å². The van der Waals surface area contributed by atoms with Gasteiger partial charge < -0.3 is 10.1 Å². The maximum absolute atomic E-state index is 13.6. The van der Waals surface area contributed by atoms with Gasteiger partial charge in [-0.1, -0.05) is 41.7 Å². The molecule has 0 saturated heterocycles. The number of halogens is 1. The Morgan fingerprint density at radius 3 is 2.86 bits per heavy atom. The van der Waals surface area contributed by atoms with Crippen LogP contribution >= 0.6 is 11.3 Å². The van der Waals surface area contributed by atoms with Crippen LogP contribution in [-0.4, -0.2) is 28.9 Å². The summed E-state index contributed by atoms with van der Waals surface area (Å²) in [6.45, 7) is 0.347. The van der Waals surface area contributed by atoms with Gasteiger partial charge in [0.25, 0.3) is 5.91 Å². The molecule has 0 unspecified atom stereocenters. The van der Waals surface area contributed by atoms with Gasteiger partial charge in [0.1, 0.15) is 17.3 Å². The van der Waals surface area contributed by atoms with E-state index in [1.54, 1.807) is 31.5 Å². The zero-order valence-electron chi connectivity index (χ0n) is 15.2. The van der Waals surface area contributed by atoms with E-state index in [0.717, 1.165) is 21.2 Å². The molecule has 2 aromatic heterocycles. The number of nitrogens with zero attached hydrogens (tertiary/aromatic N) is 2. The molecule has 0 aliphatic carbocycles. The molecule has 0 aliphatic heterocycles. The molecule has 142 valence electrons. The molecule has 1 amide bonds. The standard InChI is InChI=1S/C21H18FN3O2S/c1-27-16-7-4-6-15(11-16)19-13-25-12-18(24-21(25)28-19)20(26)23-10-9-14-5-2-3-8-17(14)22/h2-8,11-13H,9-10H2,1H3,(H,23,26). The lowest BCUT2D eigenvalue weighted by Gasteiger charge is -2.04. The molecule has 4 aromatic rings. The largest absolute Gasteiger partial charge is 0.497 e. The number of nitrogens with one attached hydrogen (secondary N) is 1. The summed E-state index contributed by atoms with van der Waals surface area (Å²) in [6.07, 6.45) is 4.08. The van der Waals surface area contributed by atoms with Crippen molar-refractivity contribution in [1.82, 2.24) is 14.7 Å². The minimum Gasteiger partial charge on any atom is -0.497 e. The molecule has 1 N–H and O–H groups in total. The van der Waals surface area contributed by atoms with Gasteiger partial charge in [-0.15, -0.1) is 0 Å². The fourth-order valence-corrected chi connectivity index (χ4v) is 3.88. The zero-order chi connectivity index (χ0) is 19.5. The first-order valence-electron chi connectivity index (χ1n) is 8.78. The van der Waals surface area contributed by atoms with Gasteiger partial charge in [-0.2, -0.15) is 0 Å². The molecule has 7 heteroatoms. The summed E-state index contributed by atoms with van der Waals surface area (Å²) in [5.41, 5.74) is 1.96. The lowest BCUT2D eigenvalue weighted by Crippen LogP contribution is -2.26. The molecular weight excluding hydrogens is 377 g/mol. The SMILES string of the molecule is COc1cccc(-c2cn3cc(C(=O)NCCc4ccccc4F)nc3s2)c1. The highest BCUT2D eigenvalue weighted by molar-refractivity contribution is 7.20. The van der Waals surface area contributed by atoms with Crippen LogP contribution in [-0.2, 0) is 6.42 Å². The van der Waals surface area contributed by atoms with Crippen LogP contribution in [0, 0.1) is 5.82 Å². The summed E-state index contributed by atoms with van der Waals surface area (Å²) in [4.78, 5) is 18.5. The minimum atomic E-state index is -0.268. The quantitative estimate of drug-likeness (QED) is 0.533. The first-order chi connectivity index (χ1) is 13.6. The lowest BCUT2D eigenvalue weighted by molar-refractivity contribution is 0.0949. The smallest absolute Gasteiger partial charge is 0.271 e. The highest BCUT2D eigenvalue weighted by atomic mass is 32.1. The maximum Gasteiger partial charge on any atom is 0.271 e. The van der Waals surface area contributed by atoms with Gasteiger partial charge in [0, 0.05) is 18.9 Å². The van der Waals surface area contributed by atoms with Crippen LogP contribution < -0.4 is 10.1 Å². The van der Waals surface area contributed by atoms with Crippen LogP contribution in [0.2, 0.25) is 0 Å². The monoisotopic (exact) mass is 395 g/mol. The Labute approximate surface area is 165 Å². The summed E-state index contributed by atoms with van der Waals surface area (Å²) >= 11 is 1.50. The van der Waals surface area contributed by atoms with Crippen molar-refractivity contribution in [1.29, 1.82) is 0 Å². The fraction of sp³-hybridized carbons (Fsp3) is 0.143. The molecule has 0 fully saturated rings. The van der Waals surface area contributed by atoms with Gasteiger partial charge in [0.05, 0.1) is 12.0 Å². The van der Waals surface area contributed by atoms with E-state index in [1.165, 1.54) is 17.4 Å². The van der Waals surface area contributed by atoms with Crippen molar-refractivity contribution in [2.24, 2.45) is 0 Å². The molecule has 0 spiro atoms. The molecule has 0 atom stereocenters. The number of rotatable bonds is 6. The summed E-state index contributed by atoms with van der Waals surface area (Å²) in [5, 5.41) is 2.79. The third-order valence-electron chi connectivity index (χ3n) is 4.38. The van der Waals surface area contributed by atoms with Gasteiger partial charge in [-0.3, -0.25) is 9.20 Å². The van der Waals surface area contributed by atoms with Gasteiger partial charge >= 0.3 is 0 Å². The number of benzene rings is 2. The second kappa shape index (κ2) is 7.82. The molecule has 4 rings (SSSR count). The Kier molecular flexibility index (Phi) is 5.08. The highest BCUT2D eigenvalue weighted by Crippen LogP contribution is 2.30. The van der Waals surface area contributed by atoms with E-state index < -0.39 is 0 Å². The number of fused-ring (bicyclic) bond motifs is 1. The second-order valence-corrected chi connectivity index (χ2v) is 7.25. The Morgan fingerprint density at radius 2 is 2.07 bits per heavy atom. The van der Waals surface area contributed by atoms with Crippen molar-refractivity contribution in [3.63, 3.8) is 0 Å². The molecule has 0 aliphatic rings. The Bertz CT molecular complexity index is 1100. The van der Waals surface area contributed by atoms with Crippen molar-refractivity contribution in [3.8, 4) is 16.2 Å². The normalized spacial score (nSPS) is 10.9. The zero-order valence-corrected chi connectivity index (χ0v) is 16.0. The Morgan fingerprint density at radius 1 is 1.21 bits per heavy atom. The number of ether oxygens (including phenoxy) is 1. The van der Waals surface area contributed by atoms with E-state index in [-0.39, 0.29) is 11.7 Å². The van der Waals surface area contributed by atoms with Crippen molar-refractivity contribution in [3.05, 3.63) is 78.0 Å². The number of hydrogen-bond acceptors (Lipinski definition) is 4. The van der Waals surface area contributed by atoms with Crippen LogP contribution in [0.15, 0.2) is 60.9 Å². The van der Waals surface area contributed by atoms with E-state index in [4.69, 9.17) is 4.74 Å². The average Bonchev–Trinajstić information content (AvgIpc) is 3.29. The summed E-state index contributed by atoms with van der Waals surface area (Å²) in [6, 6.07) is 14.4. The van der Waals surface area contributed by atoms with Crippen LogP contribution in [0.1, 0.15) is 16.1 Å². The van der Waals surface area contributed by atoms with E-state index >= 15 is 0 Å². The average molecular weight is 395 g/mol. The second-order valence-electron chi connectivity index (χ2n) is 6.24. The maximum atomic E-state index is 13.6. The molecule has 28 heavy (non-hydrogen) atoms. The topological polar surface area (TPSA) is 55.6 Å². The number of aromatic nitrogens is 2. The van der Waals surface area contributed by atoms with Gasteiger partial charge in [-0.05, 0) is 35.7 Å². The molecule has 0 radical (unpaired) electrons. The molecule has 2 aromatic carbocycles. The first kappa shape index (κ1) is 18.2. The molecule has 5 nitrogen and oxygen atoms in total. The molecule has 0 saturated carbocycles. The van der Waals surface area contributed by atoms with E-state index in [0.29, 0.717) is 24.2 Å². The van der Waals surface area contributed by atoms with E-state index in [9.17, 15) is 9.18 Å². The van der Waals surface area contributed by atoms with Gasteiger partial charge in [0.2, 0.25) is 0 Å². The lowest BCUT2D eigenvalue weighted by atomic mass is 10.1. The van der Waals surface area contributed by atoms with Crippen molar-refractivity contribution >= 4 is 22.2 Å². The van der Waals surface area contributed by atoms with Crippen molar-refractivity contribution in [2.45, 2.75) is 6.42 Å². The number of thiazole rings is 1. The molecular formula is C21H18FN3O2S. The number of hydrogen-bond donors (Lipinski definition) is 1. The minimum absolute atomic E-state index is 0.260. The van der Waals surface area contributed by atoms with Crippen molar-refractivity contribution < 1.29 is 13.9 Å². The predicted molar refractivity (Wildman–Crippen MR) is 107 cm³/mol. The summed E-state index contributed by atoms with van der Waals surface area (Å²) in [5.74, 6) is 0.262. The number of carbonyl (C=O) groups excluding carboxylic acids is 1. The number of methoxy groups -OCH3 is 1. The predicted octanol–water partition coefficient (Wildman–Crippen LogP) is 4.18. The van der Waals surface area contributed by atoms with Crippen molar-refractivity contribution in [2.75, 3.05) is 13.7 Å². The van der Waals surface area contributed by atoms with E-state index in [2.05, 4.69) is 10.3 Å². The Hall–Kier alpha value is -3.19. The highest BCUT2D eigenvalue weighted by Gasteiger charge is 2.14. The van der Waals surface area contributed by atoms with Crippen LogP contribution in [0.25, 0.3) is 15.4 Å². The molecule has 0 bridgehead atoms. The fourth-order valence-electron chi connectivity index (χ4n) is 2.92. The third-order valence-corrected chi connectivity index (χ3v) is 5.43. The number of carbonyl (C=O) groups is 1. The number of imidazole rings is 1. The number of amides is 1. The van der Waals surface area contributed by atoms with E-state index in [1.807, 2.05) is 34.9 Å². The summed E-state index contributed by atoms with van der Waals surface area (Å²) in [7, 11) is 1.64. The van der Waals surface area contributed by atoms with Crippen LogP contribution in [0.3, 0.4) is 0 Å². The van der Waals surface area contributed by atoms with Crippen LogP contribution in [0.4, 0.5) is 4.39 Å². The first-order valence-corrected chi connectivity index (χ1v) is 9.60. The molecule has 2 heterocycles. The van der Waals surface area contributed by atoms with Crippen LogP contribution in [0.5, 0.6) is 5.75 Å². The Balaban J connectivity index is 1.44.